The summed E-state index contributed by atoms with van der Waals surface area (Å²) in [6.45, 7) is 1.66. The van der Waals surface area contributed by atoms with E-state index in [1.807, 2.05) is 0 Å². The van der Waals surface area contributed by atoms with Gasteiger partial charge in [-0.1, -0.05) is 27.5 Å². The molecule has 1 rings (SSSR count). The summed E-state index contributed by atoms with van der Waals surface area (Å²) in [7, 11) is 1.38. The van der Waals surface area contributed by atoms with Crippen LogP contribution in [-0.4, -0.2) is 19.3 Å². The van der Waals surface area contributed by atoms with Crippen molar-refractivity contribution in [2.24, 2.45) is 11.3 Å². The summed E-state index contributed by atoms with van der Waals surface area (Å²) in [5.41, 5.74) is -0.941. The third-order valence-corrected chi connectivity index (χ3v) is 4.08. The molecule has 1 N–H and O–H groups in total. The van der Waals surface area contributed by atoms with Crippen LogP contribution >= 0.6 is 27.5 Å². The number of carbonyl (C=O) groups excluding carboxylic acids is 1. The van der Waals surface area contributed by atoms with Crippen molar-refractivity contribution in [1.82, 2.24) is 0 Å². The second-order valence-corrected chi connectivity index (χ2v) is 4.81. The molecule has 0 aromatic carbocycles. The maximum absolute atomic E-state index is 11.0. The van der Waals surface area contributed by atoms with Crippen molar-refractivity contribution in [2.75, 3.05) is 7.11 Å². The van der Waals surface area contributed by atoms with Crippen LogP contribution in [0.3, 0.4) is 0 Å². The summed E-state index contributed by atoms with van der Waals surface area (Å²) in [5, 5.41) is 8.18. The minimum absolute atomic E-state index is 0.0457. The number of halogens is 2. The summed E-state index contributed by atoms with van der Waals surface area (Å²) in [6, 6.07) is 0. The maximum Gasteiger partial charge on any atom is 0.194 e. The zero-order chi connectivity index (χ0) is 10.9. The van der Waals surface area contributed by atoms with Crippen LogP contribution in [-0.2, 0) is 9.53 Å². The smallest absolute Gasteiger partial charge is 0.194 e. The fourth-order valence-electron chi connectivity index (χ4n) is 1.41. The first-order valence-corrected chi connectivity index (χ1v) is 5.27. The molecule has 0 amide bonds. The average Bonchev–Trinajstić information content (AvgIpc) is 2.22. The van der Waals surface area contributed by atoms with Gasteiger partial charge in [-0.05, 0) is 13.3 Å². The molecule has 0 radical (unpaired) electrons. The van der Waals surface area contributed by atoms with Crippen LogP contribution < -0.4 is 0 Å². The number of rotatable bonds is 3. The van der Waals surface area contributed by atoms with Crippen LogP contribution in [0.4, 0.5) is 0 Å². The third kappa shape index (κ3) is 1.61. The molecule has 1 aliphatic carbocycles. The van der Waals surface area contributed by atoms with E-state index in [9.17, 15) is 4.79 Å². The molecule has 0 bridgehead atoms. The molecular formula is C9H11BrClNO2. The molecule has 3 nitrogen and oxygen atoms in total. The van der Waals surface area contributed by atoms with Gasteiger partial charge in [-0.15, -0.1) is 0 Å². The van der Waals surface area contributed by atoms with Crippen LogP contribution in [0.2, 0.25) is 0 Å². The van der Waals surface area contributed by atoms with E-state index < -0.39 is 5.41 Å². The first-order chi connectivity index (χ1) is 6.47. The molecule has 0 spiro atoms. The van der Waals surface area contributed by atoms with Crippen LogP contribution in [0.1, 0.15) is 13.3 Å². The predicted octanol–water partition coefficient (Wildman–Crippen LogP) is 2.68. The number of carbonyl (C=O) groups is 1. The van der Waals surface area contributed by atoms with Gasteiger partial charge in [-0.25, -0.2) is 0 Å². The van der Waals surface area contributed by atoms with E-state index in [1.54, 1.807) is 6.92 Å². The Bertz CT molecular complexity index is 316. The van der Waals surface area contributed by atoms with E-state index in [2.05, 4.69) is 15.9 Å². The fraction of sp³-hybridized carbons (Fsp3) is 0.556. The molecular weight excluding hydrogens is 269 g/mol. The first-order valence-electron chi connectivity index (χ1n) is 4.10. The van der Waals surface area contributed by atoms with Crippen LogP contribution in [0.25, 0.3) is 0 Å². The zero-order valence-electron chi connectivity index (χ0n) is 7.93. The van der Waals surface area contributed by atoms with Crippen molar-refractivity contribution in [1.29, 1.82) is 5.41 Å². The van der Waals surface area contributed by atoms with Crippen molar-refractivity contribution >= 4 is 39.7 Å². The largest absolute Gasteiger partial charge is 0.484 e. The molecule has 14 heavy (non-hydrogen) atoms. The highest BCUT2D eigenvalue weighted by Crippen LogP contribution is 2.50. The van der Waals surface area contributed by atoms with Crippen molar-refractivity contribution in [2.45, 2.75) is 13.3 Å². The Labute approximate surface area is 96.1 Å². The van der Waals surface area contributed by atoms with E-state index >= 15 is 0 Å². The normalized spacial score (nSPS) is 25.0. The van der Waals surface area contributed by atoms with Gasteiger partial charge < -0.3 is 9.53 Å². The monoisotopic (exact) mass is 279 g/mol. The van der Waals surface area contributed by atoms with Crippen molar-refractivity contribution < 1.29 is 9.53 Å². The highest BCUT2D eigenvalue weighted by atomic mass is 79.9. The molecule has 78 valence electrons. The molecule has 0 heterocycles. The van der Waals surface area contributed by atoms with E-state index in [1.165, 1.54) is 7.11 Å². The first kappa shape index (κ1) is 11.7. The maximum atomic E-state index is 11.0. The number of nitrogens with one attached hydrogen (secondary N) is 1. The van der Waals surface area contributed by atoms with Crippen LogP contribution in [0.15, 0.2) is 9.51 Å². The molecule has 1 unspecified atom stereocenters. The number of allylic oxidation sites excluding steroid dienone is 2. The Hall–Kier alpha value is -0.350. The topological polar surface area (TPSA) is 50.1 Å². The van der Waals surface area contributed by atoms with Crippen LogP contribution in [0, 0.1) is 16.7 Å². The number of ether oxygens (including phenoxy) is 1. The summed E-state index contributed by atoms with van der Waals surface area (Å²) in [5.74, 6) is -0.181. The lowest BCUT2D eigenvalue weighted by Crippen LogP contribution is -2.41. The van der Waals surface area contributed by atoms with Crippen molar-refractivity contribution in [3.8, 4) is 0 Å². The van der Waals surface area contributed by atoms with E-state index in [-0.39, 0.29) is 11.8 Å². The van der Waals surface area contributed by atoms with Gasteiger partial charge in [-0.3, -0.25) is 5.41 Å². The Morgan fingerprint density at radius 2 is 2.43 bits per heavy atom. The fourth-order valence-corrected chi connectivity index (χ4v) is 2.39. The van der Waals surface area contributed by atoms with Gasteiger partial charge in [0.15, 0.2) is 5.90 Å². The Morgan fingerprint density at radius 1 is 1.86 bits per heavy atom. The van der Waals surface area contributed by atoms with Gasteiger partial charge >= 0.3 is 0 Å². The molecule has 0 saturated carbocycles. The molecule has 0 saturated heterocycles. The number of methoxy groups -OCH3 is 1. The third-order valence-electron chi connectivity index (χ3n) is 2.61. The number of aldehydes is 1. The quantitative estimate of drug-likeness (QED) is 0.491. The molecule has 2 atom stereocenters. The molecule has 0 fully saturated rings. The van der Waals surface area contributed by atoms with Crippen LogP contribution in [0.5, 0.6) is 0 Å². The zero-order valence-corrected chi connectivity index (χ0v) is 10.3. The lowest BCUT2D eigenvalue weighted by Gasteiger charge is -2.37. The second kappa shape index (κ2) is 4.03. The number of hydrogen-bond donors (Lipinski definition) is 1. The SMILES string of the molecule is COC(=N)[C@](C)(C=O)C1CC(Br)=C1Cl. The summed E-state index contributed by atoms with van der Waals surface area (Å²) in [6.07, 6.45) is 1.41. The molecule has 5 heteroatoms. The van der Waals surface area contributed by atoms with Gasteiger partial charge in [0.1, 0.15) is 11.7 Å². The van der Waals surface area contributed by atoms with Gasteiger partial charge in [0.2, 0.25) is 0 Å². The summed E-state index contributed by atoms with van der Waals surface area (Å²) in [4.78, 5) is 11.0. The van der Waals surface area contributed by atoms with E-state index in [0.717, 1.165) is 10.8 Å². The Balaban J connectivity index is 2.94. The Kier molecular flexibility index (Phi) is 3.37. The van der Waals surface area contributed by atoms with E-state index in [4.69, 9.17) is 21.7 Å². The lowest BCUT2D eigenvalue weighted by molar-refractivity contribution is -0.114. The van der Waals surface area contributed by atoms with Crippen molar-refractivity contribution in [3.63, 3.8) is 0 Å². The standard InChI is InChI=1S/C9H11BrClNO2/c1-9(4-13,8(12)14-2)5-3-6(10)7(5)11/h4-5,12H,3H2,1-2H3/t5?,9-/m1/s1. The van der Waals surface area contributed by atoms with Gasteiger partial charge in [0.05, 0.1) is 7.11 Å². The molecule has 1 aliphatic rings. The highest BCUT2D eigenvalue weighted by molar-refractivity contribution is 9.11. The van der Waals surface area contributed by atoms with Gasteiger partial charge in [-0.2, -0.15) is 0 Å². The minimum Gasteiger partial charge on any atom is -0.484 e. The lowest BCUT2D eigenvalue weighted by atomic mass is 9.71. The average molecular weight is 281 g/mol. The second-order valence-electron chi connectivity index (χ2n) is 3.44. The summed E-state index contributed by atoms with van der Waals surface area (Å²) < 4.78 is 5.71. The summed E-state index contributed by atoms with van der Waals surface area (Å²) >= 11 is 9.23. The highest BCUT2D eigenvalue weighted by Gasteiger charge is 2.46. The van der Waals surface area contributed by atoms with Gasteiger partial charge in [0, 0.05) is 15.4 Å². The molecule has 0 aromatic rings. The molecule has 0 aliphatic heterocycles. The van der Waals surface area contributed by atoms with E-state index in [0.29, 0.717) is 11.5 Å². The van der Waals surface area contributed by atoms with Crippen molar-refractivity contribution in [3.05, 3.63) is 9.51 Å². The Morgan fingerprint density at radius 3 is 2.71 bits per heavy atom. The predicted molar refractivity (Wildman–Crippen MR) is 58.8 cm³/mol. The van der Waals surface area contributed by atoms with Gasteiger partial charge in [0.25, 0.3) is 0 Å². The number of hydrogen-bond acceptors (Lipinski definition) is 3. The molecule has 0 aromatic heterocycles. The minimum atomic E-state index is -0.941.